The van der Waals surface area contributed by atoms with Crippen molar-refractivity contribution in [3.05, 3.63) is 78.3 Å². The molecule has 0 unspecified atom stereocenters. The third kappa shape index (κ3) is 8.05. The van der Waals surface area contributed by atoms with Gasteiger partial charge in [-0.15, -0.1) is 5.06 Å². The van der Waals surface area contributed by atoms with Crippen LogP contribution in [-0.4, -0.2) is 64.7 Å². The van der Waals surface area contributed by atoms with Crippen LogP contribution < -0.4 is 9.47 Å². The summed E-state index contributed by atoms with van der Waals surface area (Å²) in [5, 5.41) is 6.94. The molecule has 5 rings (SSSR count). The Kier molecular flexibility index (Phi) is 10.5. The van der Waals surface area contributed by atoms with Crippen LogP contribution in [0.25, 0.3) is 0 Å². The largest absolute Gasteiger partial charge is 0.748 e. The highest BCUT2D eigenvalue weighted by Gasteiger charge is 2.42. The lowest BCUT2D eigenvalue weighted by Crippen LogP contribution is -2.35. The summed E-state index contributed by atoms with van der Waals surface area (Å²) >= 11 is 0. The molecule has 1 aromatic heterocycles. The highest BCUT2D eigenvalue weighted by Crippen LogP contribution is 2.38. The van der Waals surface area contributed by atoms with Crippen LogP contribution in [0.1, 0.15) is 71.3 Å². The van der Waals surface area contributed by atoms with Crippen molar-refractivity contribution in [1.29, 1.82) is 0 Å². The number of allylic oxidation sites excluding steroid dienone is 3. The molecule has 3 aliphatic rings. The van der Waals surface area contributed by atoms with E-state index in [-0.39, 0.29) is 37.6 Å². The molecule has 13 nitrogen and oxygen atoms in total. The molecular weight excluding hydrogens is 636 g/mol. The van der Waals surface area contributed by atoms with Crippen LogP contribution in [0.15, 0.2) is 82.8 Å². The van der Waals surface area contributed by atoms with Gasteiger partial charge in [0.25, 0.3) is 11.8 Å². The van der Waals surface area contributed by atoms with E-state index in [1.54, 1.807) is 5.01 Å². The second-order valence-electron chi connectivity index (χ2n) is 12.4. The van der Waals surface area contributed by atoms with Gasteiger partial charge >= 0.3 is 11.8 Å². The Morgan fingerprint density at radius 3 is 2.48 bits per heavy atom. The SMILES string of the molecule is CC1=NN(CCCS(=O)(=O)[O-])/C(=C/C=C/C2=Nc3c(ccc[n+]3CCCCCC(=O)ON3C(=O)CCC3=O)C2(C)C)N1c1ccccc1. The van der Waals surface area contributed by atoms with E-state index in [0.29, 0.717) is 23.9 Å². The first-order valence-electron chi connectivity index (χ1n) is 16.0. The molecule has 3 aliphatic heterocycles. The van der Waals surface area contributed by atoms with E-state index in [9.17, 15) is 27.4 Å². The molecule has 48 heavy (non-hydrogen) atoms. The maximum absolute atomic E-state index is 12.1. The van der Waals surface area contributed by atoms with Gasteiger partial charge in [-0.3, -0.25) is 14.5 Å². The molecule has 14 heteroatoms. The number of unbranched alkanes of at least 4 members (excludes halogenated alkanes) is 2. The average molecular weight is 677 g/mol. The monoisotopic (exact) mass is 676 g/mol. The predicted octanol–water partition coefficient (Wildman–Crippen LogP) is 3.99. The third-order valence-electron chi connectivity index (χ3n) is 8.42. The fourth-order valence-corrected chi connectivity index (χ4v) is 6.38. The number of hydrogen-bond acceptors (Lipinski definition) is 11. The van der Waals surface area contributed by atoms with Crippen molar-refractivity contribution in [3.63, 3.8) is 0 Å². The van der Waals surface area contributed by atoms with Gasteiger partial charge in [0, 0.05) is 37.2 Å². The number of carbonyl (C=O) groups is 3. The lowest BCUT2D eigenvalue weighted by Gasteiger charge is -2.24. The molecule has 0 bridgehead atoms. The van der Waals surface area contributed by atoms with Crippen molar-refractivity contribution in [1.82, 2.24) is 10.1 Å². The maximum Gasteiger partial charge on any atom is 0.333 e. The number of anilines is 1. The zero-order valence-electron chi connectivity index (χ0n) is 27.4. The van der Waals surface area contributed by atoms with Gasteiger partial charge in [0.05, 0.1) is 33.8 Å². The van der Waals surface area contributed by atoms with Crippen LogP contribution in [0.3, 0.4) is 0 Å². The summed E-state index contributed by atoms with van der Waals surface area (Å²) < 4.78 is 35.8. The van der Waals surface area contributed by atoms with E-state index in [1.807, 2.05) is 72.6 Å². The zero-order chi connectivity index (χ0) is 34.5. The summed E-state index contributed by atoms with van der Waals surface area (Å²) in [6, 6.07) is 13.8. The van der Waals surface area contributed by atoms with E-state index in [0.717, 1.165) is 41.4 Å². The number of fused-ring (bicyclic) bond motifs is 1. The van der Waals surface area contributed by atoms with Gasteiger partial charge in [-0.25, -0.2) is 22.8 Å². The molecule has 0 radical (unpaired) electrons. The van der Waals surface area contributed by atoms with Crippen LogP contribution >= 0.6 is 0 Å². The zero-order valence-corrected chi connectivity index (χ0v) is 28.2. The molecule has 4 heterocycles. The molecule has 254 valence electrons. The number of hydrazone groups is 1. The minimum atomic E-state index is -4.33. The lowest BCUT2D eigenvalue weighted by atomic mass is 9.82. The quantitative estimate of drug-likeness (QED) is 0.125. The maximum atomic E-state index is 12.1. The van der Waals surface area contributed by atoms with Crippen molar-refractivity contribution < 1.29 is 36.8 Å². The van der Waals surface area contributed by atoms with E-state index in [1.165, 1.54) is 0 Å². The van der Waals surface area contributed by atoms with Gasteiger partial charge in [0.1, 0.15) is 11.7 Å². The first kappa shape index (κ1) is 34.6. The number of para-hydroxylation sites is 1. The Morgan fingerprint density at radius 1 is 1.04 bits per heavy atom. The van der Waals surface area contributed by atoms with E-state index < -0.39 is 33.7 Å². The molecule has 0 atom stereocenters. The Labute approximate surface area is 280 Å². The number of aryl methyl sites for hydroxylation is 1. The molecule has 0 spiro atoms. The summed E-state index contributed by atoms with van der Waals surface area (Å²) in [5.74, 6) is 0.285. The second-order valence-corrected chi connectivity index (χ2v) is 13.9. The smallest absolute Gasteiger partial charge is 0.333 e. The van der Waals surface area contributed by atoms with Crippen molar-refractivity contribution in [2.75, 3.05) is 17.2 Å². The summed E-state index contributed by atoms with van der Waals surface area (Å²) in [6.45, 7) is 7.07. The Hall–Kier alpha value is -4.69. The molecule has 0 saturated carbocycles. The van der Waals surface area contributed by atoms with Gasteiger partial charge in [0.2, 0.25) is 0 Å². The summed E-state index contributed by atoms with van der Waals surface area (Å²) in [6.07, 6.45) is 10.3. The Bertz CT molecular complexity index is 1780. The molecule has 0 N–H and O–H groups in total. The third-order valence-corrected chi connectivity index (χ3v) is 9.21. The number of rotatable bonds is 14. The summed E-state index contributed by atoms with van der Waals surface area (Å²) in [5.41, 5.74) is 2.49. The van der Waals surface area contributed by atoms with Crippen LogP contribution in [0.2, 0.25) is 0 Å². The standard InChI is InChI=1S/C34H40N6O7S/c1-25-36-38(23-12-24-48(44,45)46)29(39(25)26-13-6-4-7-14-26)17-10-16-28-34(2,3)27-15-11-22-37(33(27)35-28)21-9-5-8-18-32(43)47-40-30(41)19-20-31(40)42/h4,6-7,10-11,13-17,22H,5,8-9,12,18-21,23-24H2,1-3H3. The number of pyridine rings is 1. The number of aliphatic imine (C=N–C) groups is 1. The Balaban J connectivity index is 1.25. The molecule has 1 aromatic carbocycles. The fraction of sp³-hybridized carbons (Fsp3) is 0.412. The number of carbonyl (C=O) groups excluding carboxylic acids is 3. The minimum absolute atomic E-state index is 0.0691. The number of benzene rings is 1. The van der Waals surface area contributed by atoms with Crippen LogP contribution in [0, 0.1) is 0 Å². The number of hydrogen-bond donors (Lipinski definition) is 0. The van der Waals surface area contributed by atoms with Crippen molar-refractivity contribution in [2.24, 2.45) is 10.1 Å². The van der Waals surface area contributed by atoms with Crippen molar-refractivity contribution >= 4 is 51.0 Å². The number of aromatic nitrogens is 1. The Morgan fingerprint density at radius 2 is 1.77 bits per heavy atom. The second kappa shape index (κ2) is 14.6. The van der Waals surface area contributed by atoms with Crippen molar-refractivity contribution in [3.8, 4) is 0 Å². The van der Waals surface area contributed by atoms with E-state index in [2.05, 4.69) is 29.6 Å². The van der Waals surface area contributed by atoms with Crippen molar-refractivity contribution in [2.45, 2.75) is 77.7 Å². The van der Waals surface area contributed by atoms with Crippen LogP contribution in [0.5, 0.6) is 0 Å². The molecule has 1 fully saturated rings. The lowest BCUT2D eigenvalue weighted by molar-refractivity contribution is -0.684. The molecule has 2 amide bonds. The van der Waals surface area contributed by atoms with Crippen LogP contribution in [-0.2, 0) is 41.3 Å². The number of hydroxylamine groups is 2. The molecule has 2 aromatic rings. The first-order valence-corrected chi connectivity index (χ1v) is 17.6. The minimum Gasteiger partial charge on any atom is -0.748 e. The first-order chi connectivity index (χ1) is 22.8. The van der Waals surface area contributed by atoms with Gasteiger partial charge in [-0.2, -0.15) is 5.10 Å². The average Bonchev–Trinajstić information content (AvgIpc) is 3.62. The van der Waals surface area contributed by atoms with Gasteiger partial charge < -0.3 is 9.39 Å². The summed E-state index contributed by atoms with van der Waals surface area (Å²) in [4.78, 5) is 47.4. The topological polar surface area (TPSA) is 156 Å². The highest BCUT2D eigenvalue weighted by atomic mass is 32.2. The number of amidine groups is 1. The number of nitrogens with zero attached hydrogens (tertiary/aromatic N) is 6. The molecule has 0 aliphatic carbocycles. The number of amides is 2. The van der Waals surface area contributed by atoms with E-state index >= 15 is 0 Å². The molecular formula is C34H40N6O7S. The number of imide groups is 1. The fourth-order valence-electron chi connectivity index (χ4n) is 5.90. The van der Waals surface area contributed by atoms with Gasteiger partial charge in [0.15, 0.2) is 5.71 Å². The highest BCUT2D eigenvalue weighted by molar-refractivity contribution is 7.85. The van der Waals surface area contributed by atoms with Gasteiger partial charge in [-0.1, -0.05) is 24.3 Å². The molecule has 1 saturated heterocycles. The predicted molar refractivity (Wildman–Crippen MR) is 178 cm³/mol. The van der Waals surface area contributed by atoms with Gasteiger partial charge in [-0.05, 0) is 87.9 Å². The van der Waals surface area contributed by atoms with E-state index in [4.69, 9.17) is 9.83 Å². The van der Waals surface area contributed by atoms with Crippen LogP contribution in [0.4, 0.5) is 11.5 Å². The normalized spacial score (nSPS) is 18.2. The summed E-state index contributed by atoms with van der Waals surface area (Å²) in [7, 11) is -4.33.